The summed E-state index contributed by atoms with van der Waals surface area (Å²) in [7, 11) is -11.8. The highest BCUT2D eigenvalue weighted by molar-refractivity contribution is 7.61. The van der Waals surface area contributed by atoms with E-state index in [1.807, 2.05) is 0 Å². The molecular weight excluding hydrogens is 479 g/mol. The van der Waals surface area contributed by atoms with Gasteiger partial charge in [0.25, 0.3) is 0 Å². The van der Waals surface area contributed by atoms with Crippen molar-refractivity contribution in [1.29, 1.82) is 0 Å². The zero-order valence-electron chi connectivity index (χ0n) is 14.0. The van der Waals surface area contributed by atoms with Crippen LogP contribution in [0.15, 0.2) is 6.33 Å². The summed E-state index contributed by atoms with van der Waals surface area (Å²) in [6.07, 6.45) is -1.38. The van der Waals surface area contributed by atoms with Crippen molar-refractivity contribution in [3.05, 3.63) is 11.6 Å². The fourth-order valence-electron chi connectivity index (χ4n) is 2.50. The summed E-state index contributed by atoms with van der Waals surface area (Å²) in [5.41, 5.74) is 6.28. The van der Waals surface area contributed by atoms with Crippen molar-refractivity contribution in [2.75, 3.05) is 12.3 Å². The lowest BCUT2D eigenvalue weighted by molar-refractivity contribution is -0.0384. The van der Waals surface area contributed by atoms with Crippen LogP contribution in [-0.2, 0) is 31.6 Å². The number of nitrogens with zero attached hydrogens (tertiary/aromatic N) is 4. The van der Waals surface area contributed by atoms with Gasteiger partial charge in [-0.15, -0.1) is 9.42 Å². The van der Waals surface area contributed by atoms with E-state index >= 15 is 0 Å². The summed E-state index contributed by atoms with van der Waals surface area (Å²) in [6, 6.07) is 0. The number of aliphatic hydroxyl groups is 1. The third kappa shape index (κ3) is 5.48. The van der Waals surface area contributed by atoms with Crippen molar-refractivity contribution >= 4 is 52.9 Å². The Balaban J connectivity index is 1.63. The van der Waals surface area contributed by atoms with Crippen molar-refractivity contribution in [1.82, 2.24) is 19.5 Å². The number of rotatable bonds is 8. The summed E-state index contributed by atoms with van der Waals surface area (Å²) in [5, 5.41) is 10.0. The predicted molar refractivity (Wildman–Crippen MR) is 94.7 cm³/mol. The van der Waals surface area contributed by atoms with Crippen molar-refractivity contribution in [2.45, 2.75) is 24.9 Å². The number of hydrogen-bond donors (Lipinski definition) is 4. The van der Waals surface area contributed by atoms with Gasteiger partial charge in [0.15, 0.2) is 11.5 Å². The Morgan fingerprint density at radius 1 is 1.41 bits per heavy atom. The average molecular weight is 492 g/mol. The minimum absolute atomic E-state index is 0.0617. The first-order valence-corrected chi connectivity index (χ1v) is 11.6. The molecule has 6 atom stereocenters. The maximum Gasteiger partial charge on any atom is 0.708 e. The molecule has 29 heavy (non-hydrogen) atoms. The molecular formula is C10H13ClN5O10P3+2. The van der Waals surface area contributed by atoms with Gasteiger partial charge in [0.1, 0.15) is 24.5 Å². The van der Waals surface area contributed by atoms with Gasteiger partial charge < -0.3 is 15.6 Å². The van der Waals surface area contributed by atoms with Gasteiger partial charge in [-0.2, -0.15) is 9.97 Å². The van der Waals surface area contributed by atoms with Gasteiger partial charge in [0.2, 0.25) is 5.28 Å². The van der Waals surface area contributed by atoms with Gasteiger partial charge in [0.05, 0.1) is 12.4 Å². The Labute approximate surface area is 168 Å². The van der Waals surface area contributed by atoms with Gasteiger partial charge in [-0.1, -0.05) is 0 Å². The molecule has 0 radical (unpaired) electrons. The van der Waals surface area contributed by atoms with Crippen LogP contribution in [0.25, 0.3) is 11.2 Å². The van der Waals surface area contributed by atoms with Gasteiger partial charge in [0, 0.05) is 24.2 Å². The van der Waals surface area contributed by atoms with Crippen LogP contribution >= 0.6 is 35.9 Å². The van der Waals surface area contributed by atoms with E-state index in [0.717, 1.165) is 0 Å². The SMILES string of the molecule is Nc1nc(Cl)nc2c1ncn2[C@H]1C[C@H](O)[C@@H](CO[P+](=O)OP(=O)(O)O[P+](=O)O)O1. The Bertz CT molecular complexity index is 1010. The lowest BCUT2D eigenvalue weighted by atomic mass is 10.2. The third-order valence-corrected chi connectivity index (χ3v) is 6.89. The molecule has 15 nitrogen and oxygen atoms in total. The lowest BCUT2D eigenvalue weighted by Gasteiger charge is -2.13. The summed E-state index contributed by atoms with van der Waals surface area (Å²) in [5.74, 6) is 0.0617. The number of nitrogens with two attached hydrogens (primary N) is 1. The molecule has 0 saturated carbocycles. The molecule has 0 aromatic carbocycles. The molecule has 1 aliphatic heterocycles. The minimum Gasteiger partial charge on any atom is -0.390 e. The van der Waals surface area contributed by atoms with E-state index in [9.17, 15) is 18.8 Å². The van der Waals surface area contributed by atoms with Gasteiger partial charge >= 0.3 is 24.3 Å². The fourth-order valence-corrected chi connectivity index (χ4v) is 4.90. The molecule has 3 heterocycles. The third-order valence-electron chi connectivity index (χ3n) is 3.62. The molecule has 0 aliphatic carbocycles. The molecule has 3 rings (SSSR count). The molecule has 0 amide bonds. The second-order valence-electron chi connectivity index (χ2n) is 5.52. The lowest BCUT2D eigenvalue weighted by Crippen LogP contribution is -2.25. The number of ether oxygens (including phenoxy) is 1. The smallest absolute Gasteiger partial charge is 0.390 e. The Hall–Kier alpha value is -1.21. The van der Waals surface area contributed by atoms with Crippen LogP contribution < -0.4 is 5.73 Å². The standard InChI is InChI=1S/C10H11ClN5O10P3/c11-10-14-8(12)7-9(15-10)16(3-13-7)6-1-4(17)5(24-6)2-23-28(20)26-29(21,22)25-27(18)19/h3-6,17H,1-2H2,(H2-2,12,14,15,18,19,21,22)/p+2/t4-,5+,6+/m0/s1. The highest BCUT2D eigenvalue weighted by atomic mass is 35.5. The fraction of sp³-hybridized carbons (Fsp3) is 0.500. The van der Waals surface area contributed by atoms with E-state index in [4.69, 9.17) is 36.4 Å². The zero-order valence-corrected chi connectivity index (χ0v) is 17.4. The highest BCUT2D eigenvalue weighted by Crippen LogP contribution is 2.57. The van der Waals surface area contributed by atoms with Crippen molar-refractivity contribution in [2.24, 2.45) is 0 Å². The first-order valence-electron chi connectivity index (χ1n) is 7.53. The van der Waals surface area contributed by atoms with E-state index in [0.29, 0.717) is 0 Å². The van der Waals surface area contributed by atoms with E-state index in [-0.39, 0.29) is 28.7 Å². The number of fused-ring (bicyclic) bond motifs is 1. The van der Waals surface area contributed by atoms with Gasteiger partial charge in [-0.25, -0.2) is 9.55 Å². The second-order valence-corrected chi connectivity index (χ2v) is 9.29. The van der Waals surface area contributed by atoms with Crippen LogP contribution in [0, 0.1) is 0 Å². The summed E-state index contributed by atoms with van der Waals surface area (Å²) in [4.78, 5) is 29.4. The van der Waals surface area contributed by atoms with E-state index in [2.05, 4.69) is 23.6 Å². The zero-order chi connectivity index (χ0) is 21.3. The van der Waals surface area contributed by atoms with Gasteiger partial charge in [-0.05, 0) is 11.6 Å². The van der Waals surface area contributed by atoms with Crippen molar-refractivity contribution in [3.63, 3.8) is 0 Å². The molecule has 3 unspecified atom stereocenters. The minimum atomic E-state index is -5.07. The monoisotopic (exact) mass is 491 g/mol. The van der Waals surface area contributed by atoms with Gasteiger partial charge in [-0.3, -0.25) is 9.46 Å². The molecule has 1 aliphatic rings. The molecule has 158 valence electrons. The molecule has 1 saturated heterocycles. The van der Waals surface area contributed by atoms with E-state index < -0.39 is 49.4 Å². The van der Waals surface area contributed by atoms with Crippen LogP contribution in [0.1, 0.15) is 12.6 Å². The summed E-state index contributed by atoms with van der Waals surface area (Å²) in [6.45, 7) is -0.497. The molecule has 0 spiro atoms. The topological polar surface area (TPSA) is 218 Å². The molecule has 1 fully saturated rings. The first-order chi connectivity index (χ1) is 13.6. The highest BCUT2D eigenvalue weighted by Gasteiger charge is 2.46. The summed E-state index contributed by atoms with van der Waals surface area (Å²) >= 11 is 5.80. The number of aromatic nitrogens is 4. The first kappa shape index (κ1) is 22.5. The van der Waals surface area contributed by atoms with Crippen LogP contribution in [0.3, 0.4) is 0 Å². The van der Waals surface area contributed by atoms with Crippen LogP contribution in [0.4, 0.5) is 5.82 Å². The average Bonchev–Trinajstić information content (AvgIpc) is 3.14. The maximum atomic E-state index is 11.6. The number of anilines is 1. The van der Waals surface area contributed by atoms with Crippen LogP contribution in [0.2, 0.25) is 5.28 Å². The normalized spacial score (nSPS) is 25.2. The second kappa shape index (κ2) is 8.88. The number of aliphatic hydroxyl groups excluding tert-OH is 1. The summed E-state index contributed by atoms with van der Waals surface area (Å²) < 4.78 is 52.8. The molecule has 5 N–H and O–H groups in total. The Morgan fingerprint density at radius 3 is 2.83 bits per heavy atom. The van der Waals surface area contributed by atoms with E-state index in [1.54, 1.807) is 0 Å². The van der Waals surface area contributed by atoms with E-state index in [1.165, 1.54) is 10.9 Å². The Morgan fingerprint density at radius 2 is 2.14 bits per heavy atom. The molecule has 19 heteroatoms. The number of halogens is 1. The number of nitrogen functional groups attached to an aromatic ring is 1. The van der Waals surface area contributed by atoms with Crippen LogP contribution in [0.5, 0.6) is 0 Å². The number of imidazole rings is 1. The Kier molecular flexibility index (Phi) is 6.88. The van der Waals surface area contributed by atoms with Crippen LogP contribution in [-0.4, -0.2) is 53.2 Å². The quantitative estimate of drug-likeness (QED) is 0.301. The number of hydrogen-bond acceptors (Lipinski definition) is 12. The molecule has 2 aromatic heterocycles. The largest absolute Gasteiger partial charge is 0.708 e. The maximum absolute atomic E-state index is 11.6. The molecule has 2 aromatic rings. The predicted octanol–water partition coefficient (Wildman–Crippen LogP) is 1.17. The van der Waals surface area contributed by atoms with Crippen molar-refractivity contribution in [3.8, 4) is 0 Å². The van der Waals surface area contributed by atoms with Crippen molar-refractivity contribution < 1.29 is 46.5 Å². The number of phosphoric acid groups is 1. The molecule has 0 bridgehead atoms.